The number of halogens is 1. The molecule has 0 aliphatic carbocycles. The molecule has 0 radical (unpaired) electrons. The molecule has 0 saturated carbocycles. The summed E-state index contributed by atoms with van der Waals surface area (Å²) in [6.45, 7) is 2.43. The van der Waals surface area contributed by atoms with Crippen LogP contribution in [0.25, 0.3) is 17.0 Å². The molecule has 1 aliphatic rings. The standard InChI is InChI=1S/C21H19FN6O/c22-15-11-16-20(24-12-15)26-21(29)28(16)19-8-4-7-18(25-19)27-10-9-23-13-17(27)14-5-2-1-3-6-14/h1-8,11-12,17,23H,9-10,13H2,(H,24,26,29). The zero-order chi connectivity index (χ0) is 19.8. The minimum Gasteiger partial charge on any atom is -0.347 e. The van der Waals surface area contributed by atoms with Gasteiger partial charge in [0.15, 0.2) is 5.65 Å². The Bertz CT molecular complexity index is 1220. The third-order valence-electron chi connectivity index (χ3n) is 5.17. The molecule has 1 atom stereocenters. The van der Waals surface area contributed by atoms with Crippen LogP contribution >= 0.6 is 0 Å². The number of aromatic nitrogens is 4. The molecule has 3 aromatic heterocycles. The van der Waals surface area contributed by atoms with E-state index in [9.17, 15) is 9.18 Å². The summed E-state index contributed by atoms with van der Waals surface area (Å²) in [4.78, 5) is 26.1. The van der Waals surface area contributed by atoms with Crippen molar-refractivity contribution in [3.63, 3.8) is 0 Å². The van der Waals surface area contributed by atoms with Gasteiger partial charge in [-0.3, -0.25) is 4.98 Å². The maximum absolute atomic E-state index is 13.7. The SMILES string of the molecule is O=c1[nH]c2ncc(F)cc2n1-c1cccc(N2CCNCC2c2ccccc2)n1. The number of fused-ring (bicyclic) bond motifs is 1. The van der Waals surface area contributed by atoms with Crippen LogP contribution in [0, 0.1) is 5.82 Å². The van der Waals surface area contributed by atoms with Crippen LogP contribution in [-0.4, -0.2) is 39.2 Å². The van der Waals surface area contributed by atoms with Crippen LogP contribution in [0.5, 0.6) is 0 Å². The largest absolute Gasteiger partial charge is 0.347 e. The fraction of sp³-hybridized carbons (Fsp3) is 0.190. The van der Waals surface area contributed by atoms with Crippen molar-refractivity contribution < 1.29 is 4.39 Å². The van der Waals surface area contributed by atoms with Gasteiger partial charge < -0.3 is 10.2 Å². The van der Waals surface area contributed by atoms with Gasteiger partial charge in [0.2, 0.25) is 0 Å². The highest BCUT2D eigenvalue weighted by atomic mass is 19.1. The Labute approximate surface area is 165 Å². The van der Waals surface area contributed by atoms with E-state index in [1.54, 1.807) is 6.07 Å². The molecule has 2 N–H and O–H groups in total. The smallest absolute Gasteiger partial charge is 0.333 e. The molecule has 1 fully saturated rings. The number of benzene rings is 1. The monoisotopic (exact) mass is 390 g/mol. The Morgan fingerprint density at radius 2 is 1.90 bits per heavy atom. The van der Waals surface area contributed by atoms with Gasteiger partial charge in [-0.1, -0.05) is 36.4 Å². The highest BCUT2D eigenvalue weighted by molar-refractivity contribution is 5.72. The average molecular weight is 390 g/mol. The van der Waals surface area contributed by atoms with Gasteiger partial charge in [0.05, 0.1) is 17.8 Å². The van der Waals surface area contributed by atoms with Crippen LogP contribution in [0.3, 0.4) is 0 Å². The minimum atomic E-state index is -0.507. The predicted molar refractivity (Wildman–Crippen MR) is 109 cm³/mol. The summed E-state index contributed by atoms with van der Waals surface area (Å²) in [7, 11) is 0. The number of H-pyrrole nitrogens is 1. The molecule has 29 heavy (non-hydrogen) atoms. The Balaban J connectivity index is 1.59. The Morgan fingerprint density at radius 3 is 2.76 bits per heavy atom. The first-order valence-corrected chi connectivity index (χ1v) is 9.47. The predicted octanol–water partition coefficient (Wildman–Crippen LogP) is 2.40. The number of nitrogens with zero attached hydrogens (tertiary/aromatic N) is 4. The molecule has 1 aromatic carbocycles. The number of nitrogens with one attached hydrogen (secondary N) is 2. The molecule has 146 valence electrons. The van der Waals surface area contributed by atoms with Crippen LogP contribution in [0.2, 0.25) is 0 Å². The lowest BCUT2D eigenvalue weighted by atomic mass is 10.0. The number of piperazine rings is 1. The van der Waals surface area contributed by atoms with Crippen LogP contribution in [0.4, 0.5) is 10.2 Å². The lowest BCUT2D eigenvalue weighted by Crippen LogP contribution is -2.46. The molecule has 4 aromatic rings. The number of anilines is 1. The second-order valence-electron chi connectivity index (χ2n) is 6.96. The number of imidazole rings is 1. The first kappa shape index (κ1) is 17.6. The number of hydrogen-bond acceptors (Lipinski definition) is 5. The highest BCUT2D eigenvalue weighted by Gasteiger charge is 2.25. The number of aromatic amines is 1. The Morgan fingerprint density at radius 1 is 1.07 bits per heavy atom. The second-order valence-corrected chi connectivity index (χ2v) is 6.96. The van der Waals surface area contributed by atoms with Crippen molar-refractivity contribution in [2.45, 2.75) is 6.04 Å². The van der Waals surface area contributed by atoms with E-state index in [0.29, 0.717) is 17.0 Å². The Kier molecular flexibility index (Phi) is 4.33. The van der Waals surface area contributed by atoms with Crippen molar-refractivity contribution in [3.05, 3.63) is 82.7 Å². The van der Waals surface area contributed by atoms with Gasteiger partial charge in [0.1, 0.15) is 17.5 Å². The molecular weight excluding hydrogens is 371 g/mol. The van der Waals surface area contributed by atoms with Crippen molar-refractivity contribution in [1.82, 2.24) is 24.8 Å². The van der Waals surface area contributed by atoms with Gasteiger partial charge in [0.25, 0.3) is 0 Å². The summed E-state index contributed by atoms with van der Waals surface area (Å²) in [6, 6.07) is 17.2. The van der Waals surface area contributed by atoms with E-state index in [-0.39, 0.29) is 6.04 Å². The number of rotatable bonds is 3. The van der Waals surface area contributed by atoms with E-state index in [2.05, 4.69) is 32.3 Å². The van der Waals surface area contributed by atoms with Gasteiger partial charge >= 0.3 is 5.69 Å². The van der Waals surface area contributed by atoms with E-state index in [4.69, 9.17) is 4.98 Å². The van der Waals surface area contributed by atoms with Gasteiger partial charge in [-0.25, -0.2) is 23.7 Å². The summed E-state index contributed by atoms with van der Waals surface area (Å²) in [5.74, 6) is 0.688. The quantitative estimate of drug-likeness (QED) is 0.562. The average Bonchev–Trinajstić information content (AvgIpc) is 3.09. The van der Waals surface area contributed by atoms with E-state index < -0.39 is 11.5 Å². The maximum atomic E-state index is 13.7. The van der Waals surface area contributed by atoms with Gasteiger partial charge in [-0.15, -0.1) is 0 Å². The number of pyridine rings is 2. The van der Waals surface area contributed by atoms with E-state index in [1.807, 2.05) is 30.3 Å². The fourth-order valence-electron chi connectivity index (χ4n) is 3.84. The normalized spacial score (nSPS) is 17.0. The molecule has 0 amide bonds. The second kappa shape index (κ2) is 7.14. The molecule has 4 heterocycles. The zero-order valence-electron chi connectivity index (χ0n) is 15.5. The highest BCUT2D eigenvalue weighted by Crippen LogP contribution is 2.27. The van der Waals surface area contributed by atoms with Crippen LogP contribution in [-0.2, 0) is 0 Å². The lowest BCUT2D eigenvalue weighted by molar-refractivity contribution is 0.486. The van der Waals surface area contributed by atoms with E-state index in [1.165, 1.54) is 16.2 Å². The molecule has 5 rings (SSSR count). The van der Waals surface area contributed by atoms with Crippen molar-refractivity contribution >= 4 is 17.0 Å². The zero-order valence-corrected chi connectivity index (χ0v) is 15.5. The molecule has 7 nitrogen and oxygen atoms in total. The van der Waals surface area contributed by atoms with Gasteiger partial charge in [-0.05, 0) is 17.7 Å². The summed E-state index contributed by atoms with van der Waals surface area (Å²) in [5, 5.41) is 3.44. The maximum Gasteiger partial charge on any atom is 0.333 e. The first-order valence-electron chi connectivity index (χ1n) is 9.47. The van der Waals surface area contributed by atoms with Gasteiger partial charge in [-0.2, -0.15) is 0 Å². The molecule has 1 saturated heterocycles. The van der Waals surface area contributed by atoms with Crippen molar-refractivity contribution in [3.8, 4) is 5.82 Å². The van der Waals surface area contributed by atoms with Crippen molar-refractivity contribution in [2.75, 3.05) is 24.5 Å². The topological polar surface area (TPSA) is 78.8 Å². The van der Waals surface area contributed by atoms with Crippen LogP contribution < -0.4 is 15.9 Å². The summed E-state index contributed by atoms with van der Waals surface area (Å²) in [5.41, 5.74) is 1.48. The molecule has 8 heteroatoms. The molecule has 0 bridgehead atoms. The van der Waals surface area contributed by atoms with Crippen LogP contribution in [0.1, 0.15) is 11.6 Å². The molecule has 0 spiro atoms. The summed E-state index contributed by atoms with van der Waals surface area (Å²) in [6.07, 6.45) is 1.08. The van der Waals surface area contributed by atoms with Crippen molar-refractivity contribution in [2.24, 2.45) is 0 Å². The van der Waals surface area contributed by atoms with Gasteiger partial charge in [0, 0.05) is 25.7 Å². The molecule has 1 unspecified atom stereocenters. The minimum absolute atomic E-state index is 0.131. The fourth-order valence-corrected chi connectivity index (χ4v) is 3.84. The third-order valence-corrected chi connectivity index (χ3v) is 5.17. The van der Waals surface area contributed by atoms with E-state index in [0.717, 1.165) is 31.6 Å². The molecule has 1 aliphatic heterocycles. The van der Waals surface area contributed by atoms with E-state index >= 15 is 0 Å². The van der Waals surface area contributed by atoms with Crippen LogP contribution in [0.15, 0.2) is 65.6 Å². The number of hydrogen-bond donors (Lipinski definition) is 2. The Hall–Kier alpha value is -3.52. The van der Waals surface area contributed by atoms with Crippen molar-refractivity contribution in [1.29, 1.82) is 0 Å². The lowest BCUT2D eigenvalue weighted by Gasteiger charge is -2.37. The summed E-state index contributed by atoms with van der Waals surface area (Å²) < 4.78 is 15.1. The third kappa shape index (κ3) is 3.17. The first-order chi connectivity index (χ1) is 14.2. The summed E-state index contributed by atoms with van der Waals surface area (Å²) >= 11 is 0. The molecular formula is C21H19FN6O.